The van der Waals surface area contributed by atoms with E-state index in [1.54, 1.807) is 0 Å². The van der Waals surface area contributed by atoms with Crippen LogP contribution < -0.4 is 0 Å². The second-order valence-electron chi connectivity index (χ2n) is 11.0. The van der Waals surface area contributed by atoms with Crippen molar-refractivity contribution >= 4 is 0 Å². The van der Waals surface area contributed by atoms with Crippen LogP contribution in [0.1, 0.15) is 103 Å². The molecule has 0 amide bonds. The van der Waals surface area contributed by atoms with Crippen LogP contribution in [-0.4, -0.2) is 17.4 Å². The fourth-order valence-electron chi connectivity index (χ4n) is 7.50. The number of aliphatic hydroxyl groups excluding tert-OH is 1. The Morgan fingerprint density at radius 3 is 1.59 bits per heavy atom. The molecule has 1 nitrogen and oxygen atoms in total. The predicted molar refractivity (Wildman–Crippen MR) is 110 cm³/mol. The van der Waals surface area contributed by atoms with E-state index in [1.807, 2.05) is 0 Å². The normalized spacial score (nSPS) is 49.7. The SMILES string of the molecule is CC1CCC(C2CCC(C3CCC(C4CCC(O)CC4)CC3)C(F)C2)CC1. The van der Waals surface area contributed by atoms with Gasteiger partial charge in [-0.25, -0.2) is 4.39 Å². The summed E-state index contributed by atoms with van der Waals surface area (Å²) in [7, 11) is 0. The van der Waals surface area contributed by atoms with E-state index in [2.05, 4.69) is 6.92 Å². The van der Waals surface area contributed by atoms with E-state index in [9.17, 15) is 5.11 Å². The van der Waals surface area contributed by atoms with Crippen LogP contribution in [-0.2, 0) is 0 Å². The van der Waals surface area contributed by atoms with Gasteiger partial charge in [-0.1, -0.05) is 19.8 Å². The average molecular weight is 379 g/mol. The number of halogens is 1. The largest absolute Gasteiger partial charge is 0.393 e. The number of rotatable bonds is 3. The molecule has 2 heteroatoms. The van der Waals surface area contributed by atoms with Gasteiger partial charge in [-0.15, -0.1) is 0 Å². The lowest BCUT2D eigenvalue weighted by molar-refractivity contribution is 0.0233. The minimum absolute atomic E-state index is 0.0348. The van der Waals surface area contributed by atoms with Gasteiger partial charge in [0, 0.05) is 0 Å². The van der Waals surface area contributed by atoms with Gasteiger partial charge in [0.25, 0.3) is 0 Å². The summed E-state index contributed by atoms with van der Waals surface area (Å²) in [6.07, 6.45) is 18.0. The van der Waals surface area contributed by atoms with E-state index in [4.69, 9.17) is 0 Å². The third-order valence-electron chi connectivity index (χ3n) is 9.42. The summed E-state index contributed by atoms with van der Waals surface area (Å²) in [5.41, 5.74) is 0. The number of hydrogen-bond acceptors (Lipinski definition) is 1. The molecule has 3 atom stereocenters. The topological polar surface area (TPSA) is 20.2 Å². The van der Waals surface area contributed by atoms with Gasteiger partial charge in [0.15, 0.2) is 0 Å². The van der Waals surface area contributed by atoms with E-state index in [0.29, 0.717) is 17.8 Å². The van der Waals surface area contributed by atoms with Gasteiger partial charge in [0.1, 0.15) is 6.17 Å². The molecule has 27 heavy (non-hydrogen) atoms. The molecule has 0 saturated heterocycles. The quantitative estimate of drug-likeness (QED) is 0.565. The highest BCUT2D eigenvalue weighted by atomic mass is 19.1. The lowest BCUT2D eigenvalue weighted by Gasteiger charge is -2.44. The lowest BCUT2D eigenvalue weighted by Crippen LogP contribution is -2.37. The molecule has 3 unspecified atom stereocenters. The highest BCUT2D eigenvalue weighted by Crippen LogP contribution is 2.48. The third kappa shape index (κ3) is 4.90. The van der Waals surface area contributed by atoms with Crippen molar-refractivity contribution in [2.75, 3.05) is 0 Å². The van der Waals surface area contributed by atoms with Crippen LogP contribution in [0.5, 0.6) is 0 Å². The molecule has 0 spiro atoms. The van der Waals surface area contributed by atoms with Crippen molar-refractivity contribution in [3.63, 3.8) is 0 Å². The van der Waals surface area contributed by atoms with Crippen LogP contribution in [0.3, 0.4) is 0 Å². The van der Waals surface area contributed by atoms with Crippen LogP contribution in [0.4, 0.5) is 4.39 Å². The highest BCUT2D eigenvalue weighted by molar-refractivity contribution is 4.91. The fraction of sp³-hybridized carbons (Fsp3) is 1.00. The zero-order valence-electron chi connectivity index (χ0n) is 17.6. The second kappa shape index (κ2) is 9.14. The molecule has 4 aliphatic rings. The van der Waals surface area contributed by atoms with E-state index >= 15 is 4.39 Å². The van der Waals surface area contributed by atoms with Crippen molar-refractivity contribution in [2.45, 2.75) is 116 Å². The molecule has 156 valence electrons. The maximum atomic E-state index is 15.2. The summed E-state index contributed by atoms with van der Waals surface area (Å²) in [5.74, 6) is 5.18. The Labute approximate surface area is 166 Å². The molecule has 0 bridgehead atoms. The first-order valence-corrected chi connectivity index (χ1v) is 12.4. The van der Waals surface area contributed by atoms with Gasteiger partial charge >= 0.3 is 0 Å². The first-order chi connectivity index (χ1) is 13.1. The molecule has 1 N–H and O–H groups in total. The molecular weight excluding hydrogens is 335 g/mol. The predicted octanol–water partition coefficient (Wildman–Crippen LogP) is 6.92. The van der Waals surface area contributed by atoms with Gasteiger partial charge < -0.3 is 5.11 Å². The fourth-order valence-corrected chi connectivity index (χ4v) is 7.50. The zero-order valence-corrected chi connectivity index (χ0v) is 17.6. The smallest absolute Gasteiger partial charge is 0.103 e. The van der Waals surface area contributed by atoms with Gasteiger partial charge in [-0.3, -0.25) is 0 Å². The van der Waals surface area contributed by atoms with Gasteiger partial charge in [-0.05, 0) is 125 Å². The van der Waals surface area contributed by atoms with Crippen molar-refractivity contribution in [1.82, 2.24) is 0 Å². The van der Waals surface area contributed by atoms with Crippen LogP contribution in [0, 0.1) is 41.4 Å². The Morgan fingerprint density at radius 2 is 1.00 bits per heavy atom. The van der Waals surface area contributed by atoms with Crippen molar-refractivity contribution in [2.24, 2.45) is 41.4 Å². The Hall–Kier alpha value is -0.110. The number of hydrogen-bond donors (Lipinski definition) is 1. The van der Waals surface area contributed by atoms with Crippen molar-refractivity contribution < 1.29 is 9.50 Å². The maximum absolute atomic E-state index is 15.2. The van der Waals surface area contributed by atoms with Crippen molar-refractivity contribution in [3.05, 3.63) is 0 Å². The van der Waals surface area contributed by atoms with E-state index in [1.165, 1.54) is 77.0 Å². The summed E-state index contributed by atoms with van der Waals surface area (Å²) < 4.78 is 15.2. The third-order valence-corrected chi connectivity index (χ3v) is 9.42. The molecule has 4 saturated carbocycles. The molecule has 0 aromatic carbocycles. The van der Waals surface area contributed by atoms with Crippen molar-refractivity contribution in [1.29, 1.82) is 0 Å². The first kappa shape index (κ1) is 20.2. The van der Waals surface area contributed by atoms with Gasteiger partial charge in [-0.2, -0.15) is 0 Å². The molecule has 0 aliphatic heterocycles. The zero-order chi connectivity index (χ0) is 18.8. The number of alkyl halides is 1. The Balaban J connectivity index is 1.22. The molecular formula is C25H43FO. The van der Waals surface area contributed by atoms with Crippen LogP contribution >= 0.6 is 0 Å². The highest BCUT2D eigenvalue weighted by Gasteiger charge is 2.40. The molecule has 4 aliphatic carbocycles. The van der Waals surface area contributed by atoms with Crippen LogP contribution in [0.2, 0.25) is 0 Å². The Bertz CT molecular complexity index is 441. The molecule has 4 rings (SSSR count). The molecule has 0 radical (unpaired) electrons. The maximum Gasteiger partial charge on any atom is 0.103 e. The van der Waals surface area contributed by atoms with Gasteiger partial charge in [0.2, 0.25) is 0 Å². The van der Waals surface area contributed by atoms with E-state index in [0.717, 1.165) is 42.9 Å². The number of aliphatic hydroxyl groups is 1. The molecule has 0 aromatic rings. The minimum Gasteiger partial charge on any atom is -0.393 e. The summed E-state index contributed by atoms with van der Waals surface area (Å²) >= 11 is 0. The second-order valence-corrected chi connectivity index (χ2v) is 11.0. The Morgan fingerprint density at radius 1 is 0.556 bits per heavy atom. The monoisotopic (exact) mass is 378 g/mol. The minimum atomic E-state index is -0.519. The van der Waals surface area contributed by atoms with E-state index < -0.39 is 6.17 Å². The lowest BCUT2D eigenvalue weighted by atomic mass is 9.63. The standard InChI is InChI=1S/C25H43FO/c1-17-2-4-20(5-3-17)22-12-15-24(25(26)16-22)21-8-6-18(7-9-21)19-10-13-23(27)14-11-19/h17-25,27H,2-16H2,1H3. The van der Waals surface area contributed by atoms with Crippen LogP contribution in [0.15, 0.2) is 0 Å². The summed E-state index contributed by atoms with van der Waals surface area (Å²) in [6.45, 7) is 2.39. The summed E-state index contributed by atoms with van der Waals surface area (Å²) in [5, 5.41) is 9.75. The summed E-state index contributed by atoms with van der Waals surface area (Å²) in [4.78, 5) is 0. The van der Waals surface area contributed by atoms with Crippen molar-refractivity contribution in [3.8, 4) is 0 Å². The first-order valence-electron chi connectivity index (χ1n) is 12.4. The average Bonchev–Trinajstić information content (AvgIpc) is 2.69. The van der Waals surface area contributed by atoms with E-state index in [-0.39, 0.29) is 6.10 Å². The van der Waals surface area contributed by atoms with Gasteiger partial charge in [0.05, 0.1) is 6.10 Å². The summed E-state index contributed by atoms with van der Waals surface area (Å²) in [6, 6.07) is 0. The Kier molecular flexibility index (Phi) is 6.83. The molecule has 4 fully saturated rings. The molecule has 0 heterocycles. The van der Waals surface area contributed by atoms with Crippen LogP contribution in [0.25, 0.3) is 0 Å². The molecule has 0 aromatic heterocycles.